The summed E-state index contributed by atoms with van der Waals surface area (Å²) in [5, 5.41) is 10.7. The standard InChI is InChI=1S/C22H27ClN4O4.C2HF3O2/c23-17-12-16(13-20(14-17)31-11-8-26-18-3-6-25-7-4-18)22(29)27(9-5-21(24)28)15-19-2-1-10-30-19;3-2(4,5)1(6)7/h3-4,6-7,12-14,19H,1-2,5,8-11,15H2,(H2,24,28)(H,25,26);(H,6,7). The first-order valence-corrected chi connectivity index (χ1v) is 11.9. The van der Waals surface area contributed by atoms with Crippen molar-refractivity contribution in [2.45, 2.75) is 31.5 Å². The van der Waals surface area contributed by atoms with Crippen LogP contribution < -0.4 is 15.8 Å². The van der Waals surface area contributed by atoms with Crippen molar-refractivity contribution in [3.05, 3.63) is 53.3 Å². The van der Waals surface area contributed by atoms with E-state index < -0.39 is 18.1 Å². The van der Waals surface area contributed by atoms with Crippen molar-refractivity contribution in [1.29, 1.82) is 0 Å². The second kappa shape index (κ2) is 15.0. The van der Waals surface area contributed by atoms with E-state index in [0.29, 0.717) is 42.6 Å². The van der Waals surface area contributed by atoms with Crippen molar-refractivity contribution < 1.29 is 42.1 Å². The number of carboxylic acid groups (broad SMARTS) is 1. The summed E-state index contributed by atoms with van der Waals surface area (Å²) >= 11 is 6.23. The minimum absolute atomic E-state index is 0.0361. The van der Waals surface area contributed by atoms with Crippen molar-refractivity contribution in [1.82, 2.24) is 9.88 Å². The molecule has 0 saturated carbocycles. The fraction of sp³-hybridized carbons (Fsp3) is 0.417. The van der Waals surface area contributed by atoms with Crippen LogP contribution in [0, 0.1) is 0 Å². The second-order valence-corrected chi connectivity index (χ2v) is 8.53. The van der Waals surface area contributed by atoms with Gasteiger partial charge in [0, 0.05) is 61.3 Å². The van der Waals surface area contributed by atoms with Gasteiger partial charge in [-0.3, -0.25) is 14.6 Å². The van der Waals surface area contributed by atoms with Gasteiger partial charge in [-0.15, -0.1) is 0 Å². The monoisotopic (exact) mass is 560 g/mol. The predicted molar refractivity (Wildman–Crippen MR) is 132 cm³/mol. The van der Waals surface area contributed by atoms with Gasteiger partial charge in [0.15, 0.2) is 0 Å². The SMILES string of the molecule is NC(=O)CCN(CC1CCCO1)C(=O)c1cc(Cl)cc(OCCNc2ccncc2)c1.O=C(O)C(F)(F)F. The van der Waals surface area contributed by atoms with Gasteiger partial charge in [0.1, 0.15) is 12.4 Å². The molecule has 10 nitrogen and oxygen atoms in total. The van der Waals surface area contributed by atoms with Crippen LogP contribution in [0.2, 0.25) is 5.02 Å². The van der Waals surface area contributed by atoms with Gasteiger partial charge in [-0.1, -0.05) is 11.6 Å². The number of rotatable bonds is 11. The summed E-state index contributed by atoms with van der Waals surface area (Å²) in [5.41, 5.74) is 6.63. The lowest BCUT2D eigenvalue weighted by Crippen LogP contribution is -2.39. The minimum Gasteiger partial charge on any atom is -0.492 e. The zero-order valence-corrected chi connectivity index (χ0v) is 21.0. The maximum Gasteiger partial charge on any atom is 0.490 e. The molecule has 1 aliphatic heterocycles. The molecule has 1 fully saturated rings. The van der Waals surface area contributed by atoms with E-state index in [1.807, 2.05) is 12.1 Å². The Morgan fingerprint density at radius 3 is 2.50 bits per heavy atom. The molecule has 4 N–H and O–H groups in total. The van der Waals surface area contributed by atoms with E-state index in [2.05, 4.69) is 10.3 Å². The molecule has 1 atom stereocenters. The van der Waals surface area contributed by atoms with Gasteiger partial charge in [0.25, 0.3) is 5.91 Å². The molecule has 0 bridgehead atoms. The van der Waals surface area contributed by atoms with Crippen molar-refractivity contribution in [3.8, 4) is 5.75 Å². The number of anilines is 1. The van der Waals surface area contributed by atoms with Gasteiger partial charge in [0.2, 0.25) is 5.91 Å². The number of carboxylic acids is 1. The van der Waals surface area contributed by atoms with Crippen LogP contribution in [0.3, 0.4) is 0 Å². The zero-order valence-electron chi connectivity index (χ0n) is 20.2. The number of hydrogen-bond donors (Lipinski definition) is 3. The highest BCUT2D eigenvalue weighted by atomic mass is 35.5. The molecule has 1 aromatic carbocycles. The van der Waals surface area contributed by atoms with Crippen molar-refractivity contribution in [2.24, 2.45) is 5.73 Å². The minimum atomic E-state index is -5.08. The van der Waals surface area contributed by atoms with Crippen molar-refractivity contribution in [2.75, 3.05) is 38.2 Å². The molecule has 14 heteroatoms. The third kappa shape index (κ3) is 11.2. The largest absolute Gasteiger partial charge is 0.492 e. The highest BCUT2D eigenvalue weighted by molar-refractivity contribution is 6.31. The molecule has 1 aromatic heterocycles. The van der Waals surface area contributed by atoms with Crippen LogP contribution in [0.25, 0.3) is 0 Å². The molecule has 208 valence electrons. The number of carbonyl (C=O) groups excluding carboxylic acids is 2. The Hall–Kier alpha value is -3.58. The number of nitrogens with two attached hydrogens (primary N) is 1. The molecular formula is C24H28ClF3N4O6. The predicted octanol–water partition coefficient (Wildman–Crippen LogP) is 3.36. The van der Waals surface area contributed by atoms with E-state index in [0.717, 1.165) is 18.5 Å². The first-order valence-electron chi connectivity index (χ1n) is 11.5. The van der Waals surface area contributed by atoms with Crippen molar-refractivity contribution >= 4 is 35.1 Å². The topological polar surface area (TPSA) is 144 Å². The van der Waals surface area contributed by atoms with E-state index in [9.17, 15) is 22.8 Å². The molecular weight excluding hydrogens is 533 g/mol. The molecule has 0 radical (unpaired) electrons. The Bertz CT molecular complexity index is 1070. The highest BCUT2D eigenvalue weighted by Crippen LogP contribution is 2.23. The normalized spacial score (nSPS) is 14.7. The summed E-state index contributed by atoms with van der Waals surface area (Å²) in [7, 11) is 0. The summed E-state index contributed by atoms with van der Waals surface area (Å²) < 4.78 is 43.2. The van der Waals surface area contributed by atoms with Crippen LogP contribution in [-0.2, 0) is 14.3 Å². The van der Waals surface area contributed by atoms with E-state index in [1.165, 1.54) is 0 Å². The Morgan fingerprint density at radius 1 is 1.24 bits per heavy atom. The fourth-order valence-corrected chi connectivity index (χ4v) is 3.57. The number of amides is 2. The van der Waals surface area contributed by atoms with Crippen LogP contribution in [0.4, 0.5) is 18.9 Å². The Balaban J connectivity index is 0.000000638. The Morgan fingerprint density at radius 2 is 1.92 bits per heavy atom. The molecule has 0 aliphatic carbocycles. The lowest BCUT2D eigenvalue weighted by Gasteiger charge is -2.25. The third-order valence-electron chi connectivity index (χ3n) is 5.10. The number of hydrogen-bond acceptors (Lipinski definition) is 7. The molecule has 1 aliphatic rings. The van der Waals surface area contributed by atoms with Gasteiger partial charge in [-0.05, 0) is 43.2 Å². The first kappa shape index (κ1) is 30.6. The number of halogens is 4. The molecule has 1 saturated heterocycles. The summed E-state index contributed by atoms with van der Waals surface area (Å²) in [6.45, 7) is 2.28. The average molecular weight is 561 g/mol. The van der Waals surface area contributed by atoms with Crippen LogP contribution in [0.15, 0.2) is 42.7 Å². The fourth-order valence-electron chi connectivity index (χ4n) is 3.34. The quantitative estimate of drug-likeness (QED) is 0.355. The first-order chi connectivity index (χ1) is 18.0. The molecule has 2 aromatic rings. The third-order valence-corrected chi connectivity index (χ3v) is 5.32. The van der Waals surface area contributed by atoms with E-state index in [4.69, 9.17) is 36.7 Å². The number of aliphatic carboxylic acids is 1. The lowest BCUT2D eigenvalue weighted by atomic mass is 10.1. The van der Waals surface area contributed by atoms with Crippen molar-refractivity contribution in [3.63, 3.8) is 0 Å². The number of benzene rings is 1. The average Bonchev–Trinajstić information content (AvgIpc) is 3.37. The van der Waals surface area contributed by atoms with E-state index in [-0.39, 0.29) is 25.0 Å². The van der Waals surface area contributed by atoms with E-state index in [1.54, 1.807) is 35.5 Å². The number of nitrogens with zero attached hydrogens (tertiary/aromatic N) is 2. The van der Waals surface area contributed by atoms with E-state index >= 15 is 0 Å². The van der Waals surface area contributed by atoms with Gasteiger partial charge >= 0.3 is 12.1 Å². The number of carbonyl (C=O) groups is 3. The Labute approximate surface area is 221 Å². The van der Waals surface area contributed by atoms with Gasteiger partial charge in [-0.2, -0.15) is 13.2 Å². The molecule has 38 heavy (non-hydrogen) atoms. The Kier molecular flexibility index (Phi) is 12.1. The van der Waals surface area contributed by atoms with Crippen LogP contribution in [0.1, 0.15) is 29.6 Å². The van der Waals surface area contributed by atoms with Crippen LogP contribution in [-0.4, -0.2) is 77.9 Å². The lowest BCUT2D eigenvalue weighted by molar-refractivity contribution is -0.192. The maximum atomic E-state index is 13.2. The summed E-state index contributed by atoms with van der Waals surface area (Å²) in [6.07, 6.45) is 0.228. The maximum absolute atomic E-state index is 13.2. The molecule has 0 spiro atoms. The van der Waals surface area contributed by atoms with Gasteiger partial charge < -0.3 is 30.5 Å². The van der Waals surface area contributed by atoms with Crippen LogP contribution in [0.5, 0.6) is 5.75 Å². The van der Waals surface area contributed by atoms with Gasteiger partial charge in [0.05, 0.1) is 6.10 Å². The number of ether oxygens (including phenoxy) is 2. The summed E-state index contributed by atoms with van der Waals surface area (Å²) in [4.78, 5) is 38.9. The highest BCUT2D eigenvalue weighted by Gasteiger charge is 2.38. The summed E-state index contributed by atoms with van der Waals surface area (Å²) in [6, 6.07) is 8.65. The molecule has 2 heterocycles. The second-order valence-electron chi connectivity index (χ2n) is 8.09. The zero-order chi connectivity index (χ0) is 28.1. The number of alkyl halides is 3. The number of pyridine rings is 1. The summed E-state index contributed by atoms with van der Waals surface area (Å²) in [5.74, 6) is -2.95. The smallest absolute Gasteiger partial charge is 0.490 e. The number of nitrogens with one attached hydrogen (secondary N) is 1. The molecule has 3 rings (SSSR count). The van der Waals surface area contributed by atoms with Gasteiger partial charge in [-0.25, -0.2) is 4.79 Å². The number of aromatic nitrogens is 1. The number of primary amides is 1. The molecule has 1 unspecified atom stereocenters. The van der Waals surface area contributed by atoms with Crippen LogP contribution >= 0.6 is 11.6 Å². The molecule has 2 amide bonds.